The summed E-state index contributed by atoms with van der Waals surface area (Å²) in [6.45, 7) is 0. The van der Waals surface area contributed by atoms with E-state index >= 15 is 0 Å². The van der Waals surface area contributed by atoms with E-state index in [1.165, 1.54) is 15.6 Å². The van der Waals surface area contributed by atoms with Crippen LogP contribution in [0.25, 0.3) is 5.69 Å². The Balaban J connectivity index is 2.55. The highest BCUT2D eigenvalue weighted by atomic mass is 35.5. The first kappa shape index (κ1) is 9.02. The average Bonchev–Trinajstić information content (AvgIpc) is 2.50. The van der Waals surface area contributed by atoms with Crippen LogP contribution in [0.5, 0.6) is 0 Å². The SMILES string of the molecule is Cn1ncn(-c2ccc(Cl)cc2)c1=O. The van der Waals surface area contributed by atoms with E-state index in [2.05, 4.69) is 5.10 Å². The van der Waals surface area contributed by atoms with E-state index in [4.69, 9.17) is 11.6 Å². The van der Waals surface area contributed by atoms with E-state index in [1.54, 1.807) is 31.3 Å². The Bertz CT molecular complexity index is 498. The fourth-order valence-electron chi connectivity index (χ4n) is 1.16. The Morgan fingerprint density at radius 3 is 2.43 bits per heavy atom. The van der Waals surface area contributed by atoms with Gasteiger partial charge < -0.3 is 0 Å². The molecule has 0 saturated carbocycles. The Morgan fingerprint density at radius 1 is 1.29 bits per heavy atom. The molecule has 0 fully saturated rings. The van der Waals surface area contributed by atoms with Crippen molar-refractivity contribution in [3.63, 3.8) is 0 Å². The molecule has 0 radical (unpaired) electrons. The van der Waals surface area contributed by atoms with Crippen molar-refractivity contribution < 1.29 is 0 Å². The third kappa shape index (κ3) is 1.44. The Kier molecular flexibility index (Phi) is 2.13. The highest BCUT2D eigenvalue weighted by molar-refractivity contribution is 6.30. The lowest BCUT2D eigenvalue weighted by Gasteiger charge is -1.98. The molecule has 5 heteroatoms. The minimum atomic E-state index is -0.174. The van der Waals surface area contributed by atoms with Gasteiger partial charge in [-0.1, -0.05) is 11.6 Å². The molecule has 0 aliphatic rings. The first-order valence-corrected chi connectivity index (χ1v) is 4.43. The fraction of sp³-hybridized carbons (Fsp3) is 0.111. The number of aromatic nitrogens is 3. The maximum atomic E-state index is 11.5. The first-order valence-electron chi connectivity index (χ1n) is 4.05. The summed E-state index contributed by atoms with van der Waals surface area (Å²) < 4.78 is 2.73. The van der Waals surface area contributed by atoms with Gasteiger partial charge in [-0.15, -0.1) is 0 Å². The third-order valence-corrected chi connectivity index (χ3v) is 2.18. The number of aryl methyl sites for hydroxylation is 1. The molecular weight excluding hydrogens is 202 g/mol. The number of rotatable bonds is 1. The topological polar surface area (TPSA) is 39.8 Å². The predicted molar refractivity (Wildman–Crippen MR) is 53.8 cm³/mol. The van der Waals surface area contributed by atoms with Gasteiger partial charge in [-0.25, -0.2) is 14.0 Å². The van der Waals surface area contributed by atoms with Gasteiger partial charge in [0, 0.05) is 12.1 Å². The van der Waals surface area contributed by atoms with Crippen LogP contribution in [0.2, 0.25) is 5.02 Å². The Labute approximate surface area is 85.4 Å². The van der Waals surface area contributed by atoms with Gasteiger partial charge in [0.15, 0.2) is 0 Å². The summed E-state index contributed by atoms with van der Waals surface area (Å²) in [4.78, 5) is 11.5. The van der Waals surface area contributed by atoms with Crippen molar-refractivity contribution in [2.75, 3.05) is 0 Å². The molecule has 0 unspecified atom stereocenters. The van der Waals surface area contributed by atoms with Crippen molar-refractivity contribution >= 4 is 11.6 Å². The first-order chi connectivity index (χ1) is 6.68. The molecule has 0 aliphatic heterocycles. The van der Waals surface area contributed by atoms with Gasteiger partial charge >= 0.3 is 5.69 Å². The van der Waals surface area contributed by atoms with Crippen molar-refractivity contribution in [3.8, 4) is 5.69 Å². The number of hydrogen-bond donors (Lipinski definition) is 0. The van der Waals surface area contributed by atoms with E-state index < -0.39 is 0 Å². The molecule has 14 heavy (non-hydrogen) atoms. The highest BCUT2D eigenvalue weighted by Crippen LogP contribution is 2.11. The lowest BCUT2D eigenvalue weighted by molar-refractivity contribution is 0.726. The second-order valence-corrected chi connectivity index (χ2v) is 3.32. The lowest BCUT2D eigenvalue weighted by Crippen LogP contribution is -2.20. The quantitative estimate of drug-likeness (QED) is 0.709. The molecule has 1 aromatic carbocycles. The number of nitrogens with zero attached hydrogens (tertiary/aromatic N) is 3. The Morgan fingerprint density at radius 2 is 1.93 bits per heavy atom. The van der Waals surface area contributed by atoms with Crippen LogP contribution in [0.4, 0.5) is 0 Å². The van der Waals surface area contributed by atoms with E-state index in [-0.39, 0.29) is 5.69 Å². The molecular formula is C9H8ClN3O. The van der Waals surface area contributed by atoms with Gasteiger partial charge in [-0.2, -0.15) is 5.10 Å². The average molecular weight is 210 g/mol. The molecule has 0 N–H and O–H groups in total. The monoisotopic (exact) mass is 209 g/mol. The molecule has 0 saturated heterocycles. The zero-order valence-corrected chi connectivity index (χ0v) is 8.27. The molecule has 0 atom stereocenters. The van der Waals surface area contributed by atoms with E-state index in [0.717, 1.165) is 5.69 Å². The van der Waals surface area contributed by atoms with Gasteiger partial charge in [0.25, 0.3) is 0 Å². The minimum Gasteiger partial charge on any atom is -0.250 e. The predicted octanol–water partition coefficient (Wildman–Crippen LogP) is 1.22. The minimum absolute atomic E-state index is 0.174. The molecule has 4 nitrogen and oxygen atoms in total. The van der Waals surface area contributed by atoms with E-state index in [1.807, 2.05) is 0 Å². The molecule has 2 aromatic rings. The van der Waals surface area contributed by atoms with Crippen LogP contribution < -0.4 is 5.69 Å². The highest BCUT2D eigenvalue weighted by Gasteiger charge is 2.02. The molecule has 0 spiro atoms. The van der Waals surface area contributed by atoms with Crippen LogP contribution in [-0.4, -0.2) is 14.3 Å². The number of halogens is 1. The molecule has 0 aliphatic carbocycles. The smallest absolute Gasteiger partial charge is 0.250 e. The van der Waals surface area contributed by atoms with Gasteiger partial charge in [0.2, 0.25) is 0 Å². The maximum absolute atomic E-state index is 11.5. The standard InChI is InChI=1S/C9H8ClN3O/c1-12-9(14)13(6-11-12)8-4-2-7(10)3-5-8/h2-6H,1H3. The lowest BCUT2D eigenvalue weighted by atomic mass is 10.3. The van der Waals surface area contributed by atoms with Gasteiger partial charge in [-0.05, 0) is 24.3 Å². The van der Waals surface area contributed by atoms with Crippen LogP contribution in [-0.2, 0) is 7.05 Å². The summed E-state index contributed by atoms with van der Waals surface area (Å²) in [6, 6.07) is 7.00. The van der Waals surface area contributed by atoms with Gasteiger partial charge in [0.1, 0.15) is 6.33 Å². The second kappa shape index (κ2) is 3.31. The molecule has 2 rings (SSSR count). The molecule has 1 aromatic heterocycles. The van der Waals surface area contributed by atoms with Crippen LogP contribution in [0.1, 0.15) is 0 Å². The summed E-state index contributed by atoms with van der Waals surface area (Å²) in [7, 11) is 1.61. The maximum Gasteiger partial charge on any atom is 0.350 e. The van der Waals surface area contributed by atoms with Crippen LogP contribution in [0.3, 0.4) is 0 Å². The summed E-state index contributed by atoms with van der Waals surface area (Å²) >= 11 is 5.74. The van der Waals surface area contributed by atoms with Crippen molar-refractivity contribution in [1.29, 1.82) is 0 Å². The summed E-state index contributed by atoms with van der Waals surface area (Å²) in [5.41, 5.74) is 0.583. The van der Waals surface area contributed by atoms with E-state index in [0.29, 0.717) is 5.02 Å². The van der Waals surface area contributed by atoms with Crippen molar-refractivity contribution in [3.05, 3.63) is 46.1 Å². The van der Waals surface area contributed by atoms with Gasteiger partial charge in [-0.3, -0.25) is 0 Å². The number of hydrogen-bond acceptors (Lipinski definition) is 2. The molecule has 0 bridgehead atoms. The fourth-order valence-corrected chi connectivity index (χ4v) is 1.29. The molecule has 1 heterocycles. The van der Waals surface area contributed by atoms with Crippen LogP contribution in [0.15, 0.2) is 35.4 Å². The zero-order valence-electron chi connectivity index (χ0n) is 7.51. The largest absolute Gasteiger partial charge is 0.350 e. The zero-order chi connectivity index (χ0) is 10.1. The molecule has 72 valence electrons. The third-order valence-electron chi connectivity index (χ3n) is 1.93. The van der Waals surface area contributed by atoms with Crippen molar-refractivity contribution in [2.45, 2.75) is 0 Å². The van der Waals surface area contributed by atoms with Gasteiger partial charge in [0.05, 0.1) is 5.69 Å². The summed E-state index contributed by atoms with van der Waals surface area (Å²) in [5.74, 6) is 0. The van der Waals surface area contributed by atoms with Crippen molar-refractivity contribution in [1.82, 2.24) is 14.3 Å². The summed E-state index contributed by atoms with van der Waals surface area (Å²) in [6.07, 6.45) is 1.48. The Hall–Kier alpha value is -1.55. The normalized spacial score (nSPS) is 10.4. The second-order valence-electron chi connectivity index (χ2n) is 2.88. The van der Waals surface area contributed by atoms with E-state index in [9.17, 15) is 4.79 Å². The van der Waals surface area contributed by atoms with Crippen LogP contribution in [0, 0.1) is 0 Å². The molecule has 0 amide bonds. The number of benzene rings is 1. The van der Waals surface area contributed by atoms with Crippen LogP contribution >= 0.6 is 11.6 Å². The van der Waals surface area contributed by atoms with Crippen molar-refractivity contribution in [2.24, 2.45) is 7.05 Å². The summed E-state index contributed by atoms with van der Waals surface area (Å²) in [5, 5.41) is 4.49.